The van der Waals surface area contributed by atoms with Crippen LogP contribution in [0.5, 0.6) is 0 Å². The number of barbiturate groups is 1. The molecule has 3 aromatic rings. The number of hydrogen-bond acceptors (Lipinski definition) is 6. The van der Waals surface area contributed by atoms with Crippen LogP contribution in [-0.4, -0.2) is 33.6 Å². The number of nitrogens with zero attached hydrogens (tertiary/aromatic N) is 2. The van der Waals surface area contributed by atoms with E-state index in [9.17, 15) is 29.3 Å². The van der Waals surface area contributed by atoms with Gasteiger partial charge in [0.25, 0.3) is 17.5 Å². The molecule has 0 aliphatic carbocycles. The minimum absolute atomic E-state index is 0.104. The van der Waals surface area contributed by atoms with Gasteiger partial charge in [-0.05, 0) is 34.9 Å². The smallest absolute Gasteiger partial charge is 0.308 e. The number of imide groups is 2. The first-order chi connectivity index (χ1) is 17.3. The molecule has 1 aliphatic heterocycles. The Hall–Kier alpha value is -5.12. The maximum atomic E-state index is 13.6. The fraction of sp³-hybridized carbons (Fsp3) is 0.0769. The molecule has 0 aromatic heterocycles. The van der Waals surface area contributed by atoms with Gasteiger partial charge in [-0.1, -0.05) is 60.7 Å². The largest absolute Gasteiger partial charge is 0.328 e. The zero-order chi connectivity index (χ0) is 25.7. The lowest BCUT2D eigenvalue weighted by Gasteiger charge is -2.42. The number of benzene rings is 3. The lowest BCUT2D eigenvalue weighted by Crippen LogP contribution is -2.71. The van der Waals surface area contributed by atoms with Gasteiger partial charge in [0.15, 0.2) is 0 Å². The molecule has 36 heavy (non-hydrogen) atoms. The number of nitro groups is 1. The molecule has 0 unspecified atom stereocenters. The molecule has 3 aromatic carbocycles. The Labute approximate surface area is 205 Å². The third kappa shape index (κ3) is 4.60. The third-order valence-electron chi connectivity index (χ3n) is 5.68. The highest BCUT2D eigenvalue weighted by Gasteiger charge is 2.57. The Balaban J connectivity index is 1.81. The molecule has 4 rings (SSSR count). The Morgan fingerprint density at radius 3 is 1.97 bits per heavy atom. The van der Waals surface area contributed by atoms with Crippen LogP contribution in [0.15, 0.2) is 91.0 Å². The molecule has 1 fully saturated rings. The van der Waals surface area contributed by atoms with Gasteiger partial charge in [-0.25, -0.2) is 4.79 Å². The Morgan fingerprint density at radius 2 is 1.42 bits per heavy atom. The Bertz CT molecular complexity index is 1330. The van der Waals surface area contributed by atoms with Gasteiger partial charge in [0.1, 0.15) is 0 Å². The predicted molar refractivity (Wildman–Crippen MR) is 129 cm³/mol. The fourth-order valence-electron chi connectivity index (χ4n) is 3.96. The van der Waals surface area contributed by atoms with E-state index in [2.05, 4.69) is 10.6 Å². The highest BCUT2D eigenvalue weighted by atomic mass is 16.6. The normalized spacial score (nSPS) is 14.7. The zero-order valence-electron chi connectivity index (χ0n) is 18.8. The third-order valence-corrected chi connectivity index (χ3v) is 5.68. The lowest BCUT2D eigenvalue weighted by molar-refractivity contribution is -0.384. The van der Waals surface area contributed by atoms with Crippen LogP contribution >= 0.6 is 0 Å². The van der Waals surface area contributed by atoms with E-state index >= 15 is 0 Å². The first kappa shape index (κ1) is 24.0. The summed E-state index contributed by atoms with van der Waals surface area (Å²) in [4.78, 5) is 63.7. The summed E-state index contributed by atoms with van der Waals surface area (Å²) >= 11 is 0. The van der Waals surface area contributed by atoms with Gasteiger partial charge in [0.05, 0.1) is 4.92 Å². The van der Waals surface area contributed by atoms with Crippen molar-refractivity contribution < 1.29 is 24.1 Å². The van der Waals surface area contributed by atoms with Crippen LogP contribution in [0.4, 0.5) is 10.5 Å². The van der Waals surface area contributed by atoms with Crippen molar-refractivity contribution in [2.75, 3.05) is 0 Å². The molecule has 0 spiro atoms. The van der Waals surface area contributed by atoms with Crippen LogP contribution in [0.3, 0.4) is 0 Å². The van der Waals surface area contributed by atoms with Crippen molar-refractivity contribution in [3.05, 3.63) is 118 Å². The quantitative estimate of drug-likeness (QED) is 0.229. The number of hydrogen-bond donors (Lipinski definition) is 2. The second kappa shape index (κ2) is 10.0. The number of carbonyl (C=O) groups excluding carboxylic acids is 4. The molecular formula is C26H20N4O6. The molecule has 0 bridgehead atoms. The summed E-state index contributed by atoms with van der Waals surface area (Å²) in [5.74, 6) is -2.62. The first-order valence-electron chi connectivity index (χ1n) is 10.8. The number of rotatable bonds is 7. The summed E-state index contributed by atoms with van der Waals surface area (Å²) in [5.41, 5.74) is -0.951. The van der Waals surface area contributed by atoms with Crippen LogP contribution in [-0.2, 0) is 26.5 Å². The lowest BCUT2D eigenvalue weighted by atomic mass is 9.84. The van der Waals surface area contributed by atoms with E-state index in [1.807, 2.05) is 0 Å². The van der Waals surface area contributed by atoms with E-state index in [4.69, 9.17) is 0 Å². The van der Waals surface area contributed by atoms with Gasteiger partial charge in [0.2, 0.25) is 11.4 Å². The van der Waals surface area contributed by atoms with E-state index in [1.165, 1.54) is 48.6 Å². The van der Waals surface area contributed by atoms with Crippen molar-refractivity contribution in [1.82, 2.24) is 15.5 Å². The SMILES string of the molecule is O=C1NC(=O)C(c2ccccc2)(N(Cc2ccccc2)C(=O)C=Cc2ccc([N+](=O)[O-])cc2)C(=O)N1. The van der Waals surface area contributed by atoms with E-state index in [0.29, 0.717) is 11.1 Å². The second-order valence-electron chi connectivity index (χ2n) is 7.91. The second-order valence-corrected chi connectivity index (χ2v) is 7.91. The summed E-state index contributed by atoms with van der Waals surface area (Å²) < 4.78 is 0. The van der Waals surface area contributed by atoms with Gasteiger partial charge in [-0.15, -0.1) is 0 Å². The Kier molecular flexibility index (Phi) is 6.68. The standard InChI is InChI=1S/C26H20N4O6/c31-22(16-13-18-11-14-21(15-12-18)30(35)36)29(17-19-7-3-1-4-8-19)26(20-9-5-2-6-10-20)23(32)27-25(34)28-24(26)33/h1-16H,17H2,(H2,27,28,32,33,34). The van der Waals surface area contributed by atoms with Crippen molar-refractivity contribution in [3.8, 4) is 0 Å². The van der Waals surface area contributed by atoms with Gasteiger partial charge < -0.3 is 4.90 Å². The van der Waals surface area contributed by atoms with Gasteiger partial charge >= 0.3 is 6.03 Å². The molecule has 10 heteroatoms. The predicted octanol–water partition coefficient (Wildman–Crippen LogP) is 2.90. The molecule has 1 aliphatic rings. The molecule has 180 valence electrons. The molecular weight excluding hydrogens is 464 g/mol. The minimum Gasteiger partial charge on any atom is -0.308 e. The molecule has 0 saturated carbocycles. The number of carbonyl (C=O) groups is 4. The van der Waals surface area contributed by atoms with E-state index < -0.39 is 34.2 Å². The molecule has 10 nitrogen and oxygen atoms in total. The average molecular weight is 484 g/mol. The van der Waals surface area contributed by atoms with Crippen molar-refractivity contribution >= 4 is 35.5 Å². The molecule has 2 N–H and O–H groups in total. The number of nitrogens with one attached hydrogen (secondary N) is 2. The van der Waals surface area contributed by atoms with Gasteiger partial charge in [-0.2, -0.15) is 0 Å². The van der Waals surface area contributed by atoms with Crippen LogP contribution in [0.1, 0.15) is 16.7 Å². The number of amides is 5. The van der Waals surface area contributed by atoms with Crippen molar-refractivity contribution in [2.24, 2.45) is 0 Å². The minimum atomic E-state index is -2.18. The molecule has 0 atom stereocenters. The topological polar surface area (TPSA) is 139 Å². The number of nitro benzene ring substituents is 1. The molecule has 0 radical (unpaired) electrons. The summed E-state index contributed by atoms with van der Waals surface area (Å²) in [6.07, 6.45) is 2.60. The zero-order valence-corrected chi connectivity index (χ0v) is 18.8. The molecule has 1 saturated heterocycles. The number of non-ortho nitro benzene ring substituents is 1. The highest BCUT2D eigenvalue weighted by molar-refractivity contribution is 6.24. The van der Waals surface area contributed by atoms with Crippen LogP contribution in [0.2, 0.25) is 0 Å². The monoisotopic (exact) mass is 484 g/mol. The van der Waals surface area contributed by atoms with Crippen LogP contribution in [0.25, 0.3) is 6.08 Å². The number of urea groups is 1. The average Bonchev–Trinajstić information content (AvgIpc) is 2.88. The summed E-state index contributed by atoms with van der Waals surface area (Å²) in [7, 11) is 0. The molecule has 5 amide bonds. The summed E-state index contributed by atoms with van der Waals surface area (Å²) in [5, 5.41) is 15.1. The van der Waals surface area contributed by atoms with E-state index in [-0.39, 0.29) is 17.8 Å². The summed E-state index contributed by atoms with van der Waals surface area (Å²) in [6, 6.07) is 21.3. The highest BCUT2D eigenvalue weighted by Crippen LogP contribution is 2.33. The van der Waals surface area contributed by atoms with Crippen molar-refractivity contribution in [3.63, 3.8) is 0 Å². The fourth-order valence-corrected chi connectivity index (χ4v) is 3.96. The van der Waals surface area contributed by atoms with Gasteiger partial charge in [-0.3, -0.25) is 35.1 Å². The van der Waals surface area contributed by atoms with Crippen LogP contribution < -0.4 is 10.6 Å². The molecule has 1 heterocycles. The van der Waals surface area contributed by atoms with E-state index in [0.717, 1.165) is 4.90 Å². The van der Waals surface area contributed by atoms with Crippen molar-refractivity contribution in [1.29, 1.82) is 0 Å². The van der Waals surface area contributed by atoms with Crippen LogP contribution in [0, 0.1) is 10.1 Å². The Morgan fingerprint density at radius 1 is 0.861 bits per heavy atom. The van der Waals surface area contributed by atoms with E-state index in [1.54, 1.807) is 48.5 Å². The first-order valence-corrected chi connectivity index (χ1v) is 10.8. The maximum absolute atomic E-state index is 13.6. The van der Waals surface area contributed by atoms with Gasteiger partial charge in [0, 0.05) is 24.8 Å². The summed E-state index contributed by atoms with van der Waals surface area (Å²) in [6.45, 7) is -0.131. The van der Waals surface area contributed by atoms with Crippen molar-refractivity contribution in [2.45, 2.75) is 12.1 Å². The maximum Gasteiger partial charge on any atom is 0.328 e.